The second-order valence-corrected chi connectivity index (χ2v) is 7.75. The number of aryl methyl sites for hydroxylation is 2. The molecule has 0 bridgehead atoms. The van der Waals surface area contributed by atoms with Crippen molar-refractivity contribution in [2.75, 3.05) is 12.4 Å². The average molecular weight is 316 g/mol. The molecule has 1 saturated carbocycles. The van der Waals surface area contributed by atoms with Gasteiger partial charge in [-0.05, 0) is 50.3 Å². The largest absolute Gasteiger partial charge is 0.243 e. The fraction of sp³-hybridized carbons (Fsp3) is 0.600. The minimum atomic E-state index is -3.41. The Balaban J connectivity index is 2.36. The zero-order valence-electron chi connectivity index (χ0n) is 12.1. The van der Waals surface area contributed by atoms with Crippen LogP contribution in [-0.4, -0.2) is 31.2 Å². The summed E-state index contributed by atoms with van der Waals surface area (Å²) in [5.41, 5.74) is 1.78. The Kier molecular flexibility index (Phi) is 5.10. The van der Waals surface area contributed by atoms with Gasteiger partial charge in [0.05, 0.1) is 4.90 Å². The third-order valence-corrected chi connectivity index (χ3v) is 6.29. The molecule has 0 saturated heterocycles. The Morgan fingerprint density at radius 1 is 1.30 bits per heavy atom. The minimum Gasteiger partial charge on any atom is -0.207 e. The standard InChI is InChI=1S/C15H22ClNO2S/c1-12-7-8-13(2)15(11-12)20(18,19)17(10-4-9-16)14-5-3-6-14/h7-8,11,14H,3-6,9-10H2,1-2H3. The molecule has 1 aliphatic carbocycles. The van der Waals surface area contributed by atoms with Crippen molar-refractivity contribution in [2.45, 2.75) is 50.5 Å². The third kappa shape index (κ3) is 3.18. The molecule has 0 N–H and O–H groups in total. The molecule has 3 nitrogen and oxygen atoms in total. The summed E-state index contributed by atoms with van der Waals surface area (Å²) in [6.07, 6.45) is 3.74. The summed E-state index contributed by atoms with van der Waals surface area (Å²) >= 11 is 5.74. The van der Waals surface area contributed by atoms with Crippen molar-refractivity contribution in [1.82, 2.24) is 4.31 Å². The van der Waals surface area contributed by atoms with Crippen LogP contribution >= 0.6 is 11.6 Å². The van der Waals surface area contributed by atoms with Crippen molar-refractivity contribution in [3.05, 3.63) is 29.3 Å². The minimum absolute atomic E-state index is 0.156. The number of hydrogen-bond acceptors (Lipinski definition) is 2. The molecule has 0 heterocycles. The van der Waals surface area contributed by atoms with Crippen LogP contribution in [0.5, 0.6) is 0 Å². The van der Waals surface area contributed by atoms with Gasteiger partial charge in [0.15, 0.2) is 0 Å². The fourth-order valence-corrected chi connectivity index (χ4v) is 4.66. The number of rotatable bonds is 6. The highest BCUT2D eigenvalue weighted by atomic mass is 35.5. The highest BCUT2D eigenvalue weighted by molar-refractivity contribution is 7.89. The summed E-state index contributed by atoms with van der Waals surface area (Å²) in [4.78, 5) is 0.443. The molecule has 0 aromatic heterocycles. The van der Waals surface area contributed by atoms with E-state index in [0.29, 0.717) is 23.7 Å². The molecular formula is C15H22ClNO2S. The molecule has 2 rings (SSSR count). The van der Waals surface area contributed by atoms with E-state index in [0.717, 1.165) is 30.4 Å². The van der Waals surface area contributed by atoms with E-state index in [1.807, 2.05) is 26.0 Å². The molecule has 112 valence electrons. The highest BCUT2D eigenvalue weighted by Gasteiger charge is 2.35. The first-order valence-electron chi connectivity index (χ1n) is 7.12. The lowest BCUT2D eigenvalue weighted by molar-refractivity contribution is 0.220. The first-order chi connectivity index (χ1) is 9.46. The molecule has 0 amide bonds. The molecule has 0 aliphatic heterocycles. The number of sulfonamides is 1. The molecule has 1 aliphatic rings. The van der Waals surface area contributed by atoms with Crippen LogP contribution < -0.4 is 0 Å². The van der Waals surface area contributed by atoms with Crippen LogP contribution in [0.15, 0.2) is 23.1 Å². The second-order valence-electron chi connectivity index (χ2n) is 5.51. The zero-order chi connectivity index (χ0) is 14.8. The van der Waals surface area contributed by atoms with Crippen LogP contribution in [0, 0.1) is 13.8 Å². The molecule has 1 aromatic rings. The number of benzene rings is 1. The smallest absolute Gasteiger partial charge is 0.207 e. The number of halogens is 1. The van der Waals surface area contributed by atoms with E-state index in [2.05, 4.69) is 0 Å². The van der Waals surface area contributed by atoms with Crippen LogP contribution in [0.1, 0.15) is 36.8 Å². The van der Waals surface area contributed by atoms with Crippen molar-refractivity contribution in [3.8, 4) is 0 Å². The summed E-state index contributed by atoms with van der Waals surface area (Å²) in [7, 11) is -3.41. The van der Waals surface area contributed by atoms with Gasteiger partial charge in [0, 0.05) is 18.5 Å². The zero-order valence-corrected chi connectivity index (χ0v) is 13.7. The molecular weight excluding hydrogens is 294 g/mol. The Hall–Kier alpha value is -0.580. The van der Waals surface area contributed by atoms with Gasteiger partial charge in [0.1, 0.15) is 0 Å². The topological polar surface area (TPSA) is 37.4 Å². The van der Waals surface area contributed by atoms with E-state index in [9.17, 15) is 8.42 Å². The van der Waals surface area contributed by atoms with Crippen LogP contribution in [-0.2, 0) is 10.0 Å². The highest BCUT2D eigenvalue weighted by Crippen LogP contribution is 2.31. The number of hydrogen-bond donors (Lipinski definition) is 0. The van der Waals surface area contributed by atoms with E-state index in [1.165, 1.54) is 0 Å². The van der Waals surface area contributed by atoms with Crippen molar-refractivity contribution >= 4 is 21.6 Å². The Bertz CT molecular complexity index is 567. The summed E-state index contributed by atoms with van der Waals surface area (Å²) in [6.45, 7) is 4.29. The van der Waals surface area contributed by atoms with Gasteiger partial charge < -0.3 is 0 Å². The molecule has 5 heteroatoms. The van der Waals surface area contributed by atoms with Gasteiger partial charge in [0.25, 0.3) is 0 Å². The monoisotopic (exact) mass is 315 g/mol. The number of nitrogens with zero attached hydrogens (tertiary/aromatic N) is 1. The first kappa shape index (κ1) is 15.8. The van der Waals surface area contributed by atoms with E-state index in [-0.39, 0.29) is 6.04 Å². The predicted octanol–water partition coefficient (Wildman–Crippen LogP) is 3.48. The third-order valence-electron chi connectivity index (χ3n) is 3.92. The van der Waals surface area contributed by atoms with Crippen LogP contribution in [0.3, 0.4) is 0 Å². The van der Waals surface area contributed by atoms with Crippen molar-refractivity contribution < 1.29 is 8.42 Å². The molecule has 0 atom stereocenters. The molecule has 0 unspecified atom stereocenters. The van der Waals surface area contributed by atoms with Gasteiger partial charge in [-0.25, -0.2) is 8.42 Å². The molecule has 0 radical (unpaired) electrons. The SMILES string of the molecule is Cc1ccc(C)c(S(=O)(=O)N(CCCCl)C2CCC2)c1. The van der Waals surface area contributed by atoms with Gasteiger partial charge >= 0.3 is 0 Å². The Morgan fingerprint density at radius 3 is 2.55 bits per heavy atom. The summed E-state index contributed by atoms with van der Waals surface area (Å²) in [5, 5.41) is 0. The summed E-state index contributed by atoms with van der Waals surface area (Å²) in [5.74, 6) is 0.492. The lowest BCUT2D eigenvalue weighted by Gasteiger charge is -2.36. The van der Waals surface area contributed by atoms with Gasteiger partial charge in [-0.2, -0.15) is 4.31 Å². The maximum Gasteiger partial charge on any atom is 0.243 e. The van der Waals surface area contributed by atoms with Crippen molar-refractivity contribution in [2.24, 2.45) is 0 Å². The molecule has 0 spiro atoms. The van der Waals surface area contributed by atoms with E-state index in [4.69, 9.17) is 11.6 Å². The maximum absolute atomic E-state index is 12.9. The second kappa shape index (κ2) is 6.46. The summed E-state index contributed by atoms with van der Waals surface area (Å²) in [6, 6.07) is 5.75. The van der Waals surface area contributed by atoms with Crippen molar-refractivity contribution in [3.63, 3.8) is 0 Å². The average Bonchev–Trinajstić information content (AvgIpc) is 2.34. The molecule has 1 fully saturated rings. The van der Waals surface area contributed by atoms with Crippen LogP contribution in [0.25, 0.3) is 0 Å². The van der Waals surface area contributed by atoms with Crippen LogP contribution in [0.4, 0.5) is 0 Å². The van der Waals surface area contributed by atoms with Crippen LogP contribution in [0.2, 0.25) is 0 Å². The van der Waals surface area contributed by atoms with Gasteiger partial charge in [-0.3, -0.25) is 0 Å². The lowest BCUT2D eigenvalue weighted by Crippen LogP contribution is -2.44. The van der Waals surface area contributed by atoms with Gasteiger partial charge in [-0.15, -0.1) is 11.6 Å². The van der Waals surface area contributed by atoms with Crippen molar-refractivity contribution in [1.29, 1.82) is 0 Å². The summed E-state index contributed by atoms with van der Waals surface area (Å²) < 4.78 is 27.5. The molecule has 20 heavy (non-hydrogen) atoms. The van der Waals surface area contributed by atoms with E-state index >= 15 is 0 Å². The van der Waals surface area contributed by atoms with E-state index < -0.39 is 10.0 Å². The lowest BCUT2D eigenvalue weighted by atomic mass is 9.93. The molecule has 1 aromatic carbocycles. The number of alkyl halides is 1. The van der Waals surface area contributed by atoms with E-state index in [1.54, 1.807) is 10.4 Å². The normalized spacial score (nSPS) is 16.4. The Morgan fingerprint density at radius 2 is 2.00 bits per heavy atom. The van der Waals surface area contributed by atoms with Gasteiger partial charge in [-0.1, -0.05) is 18.6 Å². The predicted molar refractivity (Wildman–Crippen MR) is 82.8 cm³/mol. The first-order valence-corrected chi connectivity index (χ1v) is 9.09. The maximum atomic E-state index is 12.9. The fourth-order valence-electron chi connectivity index (χ4n) is 2.50. The Labute approximate surface area is 127 Å². The quantitative estimate of drug-likeness (QED) is 0.754. The van der Waals surface area contributed by atoms with Gasteiger partial charge in [0.2, 0.25) is 10.0 Å².